The number of H-pyrrole nitrogens is 1. The summed E-state index contributed by atoms with van der Waals surface area (Å²) in [7, 11) is 2.00. The van der Waals surface area contributed by atoms with Gasteiger partial charge in [0, 0.05) is 6.07 Å². The van der Waals surface area contributed by atoms with E-state index in [1.807, 2.05) is 36.1 Å². The molecule has 0 fully saturated rings. The maximum atomic E-state index is 3.92. The second-order valence-corrected chi connectivity index (χ2v) is 2.29. The first kappa shape index (κ1) is 5.41. The highest BCUT2D eigenvalue weighted by atomic mass is 15.1. The molecule has 0 saturated heterocycles. The molecule has 0 spiro atoms. The molecule has 0 amide bonds. The van der Waals surface area contributed by atoms with Gasteiger partial charge in [-0.2, -0.15) is 9.67 Å². The molecule has 0 bridgehead atoms. The van der Waals surface area contributed by atoms with Crippen LogP contribution in [-0.4, -0.2) is 10.2 Å². The molecule has 1 N–H and O–H groups in total. The Labute approximate surface area is 58.3 Å². The van der Waals surface area contributed by atoms with Crippen molar-refractivity contribution < 1.29 is 4.57 Å². The SMILES string of the molecule is C[n+]1cccc2[nH]ncc21. The van der Waals surface area contributed by atoms with E-state index in [0.717, 1.165) is 11.0 Å². The van der Waals surface area contributed by atoms with Gasteiger partial charge in [0.1, 0.15) is 18.8 Å². The molecule has 0 saturated carbocycles. The number of rotatable bonds is 0. The van der Waals surface area contributed by atoms with Crippen molar-refractivity contribution in [3.8, 4) is 0 Å². The number of hydrogen-bond donors (Lipinski definition) is 1. The summed E-state index contributed by atoms with van der Waals surface area (Å²) in [5.41, 5.74) is 2.20. The quantitative estimate of drug-likeness (QED) is 0.519. The van der Waals surface area contributed by atoms with Crippen LogP contribution < -0.4 is 4.57 Å². The highest BCUT2D eigenvalue weighted by Crippen LogP contribution is 2.01. The van der Waals surface area contributed by atoms with Gasteiger partial charge in [-0.05, 0) is 6.07 Å². The molecule has 0 aromatic carbocycles. The van der Waals surface area contributed by atoms with Crippen molar-refractivity contribution in [1.29, 1.82) is 0 Å². The van der Waals surface area contributed by atoms with Gasteiger partial charge in [-0.1, -0.05) is 0 Å². The van der Waals surface area contributed by atoms with E-state index in [-0.39, 0.29) is 0 Å². The predicted molar refractivity (Wildman–Crippen MR) is 37.3 cm³/mol. The largest absolute Gasteiger partial charge is 0.272 e. The highest BCUT2D eigenvalue weighted by Gasteiger charge is 2.02. The Morgan fingerprint density at radius 3 is 3.30 bits per heavy atom. The van der Waals surface area contributed by atoms with Crippen LogP contribution in [0.1, 0.15) is 0 Å². The standard InChI is InChI=1S/C7H7N3/c1-10-4-2-3-6-7(10)5-8-9-6/h2-5H,1H3/p+1. The van der Waals surface area contributed by atoms with Crippen LogP contribution in [0.15, 0.2) is 24.5 Å². The Balaban J connectivity index is 2.95. The number of aromatic nitrogens is 3. The zero-order valence-corrected chi connectivity index (χ0v) is 5.70. The molecule has 0 unspecified atom stereocenters. The van der Waals surface area contributed by atoms with E-state index in [0.29, 0.717) is 0 Å². The molecule has 0 atom stereocenters. The third kappa shape index (κ3) is 0.603. The Kier molecular flexibility index (Phi) is 0.974. The monoisotopic (exact) mass is 134 g/mol. The van der Waals surface area contributed by atoms with Crippen LogP contribution in [0, 0.1) is 0 Å². The fraction of sp³-hybridized carbons (Fsp3) is 0.143. The van der Waals surface area contributed by atoms with Crippen molar-refractivity contribution in [1.82, 2.24) is 10.2 Å². The fourth-order valence-electron chi connectivity index (χ4n) is 1.04. The van der Waals surface area contributed by atoms with Crippen LogP contribution in [0.3, 0.4) is 0 Å². The first-order chi connectivity index (χ1) is 4.88. The number of fused-ring (bicyclic) bond motifs is 1. The lowest BCUT2D eigenvalue weighted by molar-refractivity contribution is -0.644. The van der Waals surface area contributed by atoms with E-state index >= 15 is 0 Å². The number of nitrogens with one attached hydrogen (secondary N) is 1. The summed E-state index contributed by atoms with van der Waals surface area (Å²) < 4.78 is 2.03. The van der Waals surface area contributed by atoms with Gasteiger partial charge in [-0.3, -0.25) is 5.10 Å². The molecular formula is C7H8N3+. The first-order valence-electron chi connectivity index (χ1n) is 3.15. The summed E-state index contributed by atoms with van der Waals surface area (Å²) in [5.74, 6) is 0. The predicted octanol–water partition coefficient (Wildman–Crippen LogP) is 0.387. The van der Waals surface area contributed by atoms with E-state index in [9.17, 15) is 0 Å². The van der Waals surface area contributed by atoms with Crippen molar-refractivity contribution in [2.75, 3.05) is 0 Å². The smallest absolute Gasteiger partial charge is 0.250 e. The lowest BCUT2D eigenvalue weighted by atomic mass is 10.4. The molecule has 0 aliphatic rings. The van der Waals surface area contributed by atoms with E-state index < -0.39 is 0 Å². The van der Waals surface area contributed by atoms with Crippen molar-refractivity contribution in [3.05, 3.63) is 24.5 Å². The highest BCUT2D eigenvalue weighted by molar-refractivity contribution is 5.68. The minimum Gasteiger partial charge on any atom is -0.272 e. The van der Waals surface area contributed by atoms with Crippen LogP contribution in [0.25, 0.3) is 11.0 Å². The van der Waals surface area contributed by atoms with Crippen molar-refractivity contribution >= 4 is 11.0 Å². The van der Waals surface area contributed by atoms with Crippen molar-refractivity contribution in [3.63, 3.8) is 0 Å². The summed E-state index contributed by atoms with van der Waals surface area (Å²) >= 11 is 0. The van der Waals surface area contributed by atoms with Crippen LogP contribution in [0.2, 0.25) is 0 Å². The molecule has 0 radical (unpaired) electrons. The lowest BCUT2D eigenvalue weighted by Crippen LogP contribution is -2.27. The van der Waals surface area contributed by atoms with Gasteiger partial charge in [-0.15, -0.1) is 0 Å². The molecule has 0 aliphatic carbocycles. The Hall–Kier alpha value is -1.38. The number of nitrogens with zero attached hydrogens (tertiary/aromatic N) is 2. The second kappa shape index (κ2) is 1.80. The average Bonchev–Trinajstić information content (AvgIpc) is 2.36. The number of hydrogen-bond acceptors (Lipinski definition) is 1. The summed E-state index contributed by atoms with van der Waals surface area (Å²) in [6.07, 6.45) is 3.81. The lowest BCUT2D eigenvalue weighted by Gasteiger charge is -1.85. The maximum Gasteiger partial charge on any atom is 0.250 e. The molecule has 2 aromatic rings. The molecule has 2 rings (SSSR count). The maximum absolute atomic E-state index is 3.92. The number of aromatic amines is 1. The third-order valence-electron chi connectivity index (χ3n) is 1.60. The van der Waals surface area contributed by atoms with Crippen LogP contribution in [-0.2, 0) is 7.05 Å². The van der Waals surface area contributed by atoms with Gasteiger partial charge in [-0.25, -0.2) is 0 Å². The van der Waals surface area contributed by atoms with Crippen LogP contribution in [0.5, 0.6) is 0 Å². The minimum absolute atomic E-state index is 1.07. The van der Waals surface area contributed by atoms with Crippen molar-refractivity contribution in [2.45, 2.75) is 0 Å². The van der Waals surface area contributed by atoms with E-state index in [2.05, 4.69) is 10.2 Å². The molecule has 50 valence electrons. The van der Waals surface area contributed by atoms with Crippen molar-refractivity contribution in [2.24, 2.45) is 7.05 Å². The zero-order valence-electron chi connectivity index (χ0n) is 5.70. The summed E-state index contributed by atoms with van der Waals surface area (Å²) in [6, 6.07) is 3.99. The van der Waals surface area contributed by atoms with Gasteiger partial charge in [0.2, 0.25) is 5.52 Å². The van der Waals surface area contributed by atoms with E-state index in [1.165, 1.54) is 0 Å². The van der Waals surface area contributed by atoms with E-state index in [1.54, 1.807) is 0 Å². The van der Waals surface area contributed by atoms with Gasteiger partial charge >= 0.3 is 0 Å². The third-order valence-corrected chi connectivity index (χ3v) is 1.60. The molecule has 3 heteroatoms. The summed E-state index contributed by atoms with van der Waals surface area (Å²) in [6.45, 7) is 0. The molecule has 0 aliphatic heterocycles. The van der Waals surface area contributed by atoms with Crippen LogP contribution in [0.4, 0.5) is 0 Å². The number of aryl methyl sites for hydroxylation is 1. The Bertz CT molecular complexity index is 350. The Morgan fingerprint density at radius 2 is 2.50 bits per heavy atom. The molecule has 2 heterocycles. The molecular weight excluding hydrogens is 126 g/mol. The average molecular weight is 134 g/mol. The fourth-order valence-corrected chi connectivity index (χ4v) is 1.04. The van der Waals surface area contributed by atoms with Gasteiger partial charge in [0.25, 0.3) is 0 Å². The first-order valence-corrected chi connectivity index (χ1v) is 3.15. The van der Waals surface area contributed by atoms with Crippen LogP contribution >= 0.6 is 0 Å². The molecule has 3 nitrogen and oxygen atoms in total. The van der Waals surface area contributed by atoms with E-state index in [4.69, 9.17) is 0 Å². The van der Waals surface area contributed by atoms with Gasteiger partial charge in [0.05, 0.1) is 0 Å². The second-order valence-electron chi connectivity index (χ2n) is 2.29. The van der Waals surface area contributed by atoms with Gasteiger partial charge < -0.3 is 0 Å². The normalized spacial score (nSPS) is 10.5. The summed E-state index contributed by atoms with van der Waals surface area (Å²) in [5, 5.41) is 6.81. The molecule has 2 aromatic heterocycles. The molecule has 10 heavy (non-hydrogen) atoms. The zero-order chi connectivity index (χ0) is 6.97. The topological polar surface area (TPSA) is 32.6 Å². The summed E-state index contributed by atoms with van der Waals surface area (Å²) in [4.78, 5) is 0. The Morgan fingerprint density at radius 1 is 1.60 bits per heavy atom. The minimum atomic E-state index is 1.07. The number of pyridine rings is 1. The van der Waals surface area contributed by atoms with Gasteiger partial charge in [0.15, 0.2) is 6.20 Å².